The van der Waals surface area contributed by atoms with Gasteiger partial charge in [0.25, 0.3) is 5.91 Å². The molecule has 0 unspecified atom stereocenters. The van der Waals surface area contributed by atoms with Gasteiger partial charge in [-0.3, -0.25) is 4.79 Å². The smallest absolute Gasteiger partial charge is 0.257 e. The summed E-state index contributed by atoms with van der Waals surface area (Å²) in [5.74, 6) is -0.291. The van der Waals surface area contributed by atoms with Crippen LogP contribution in [0.4, 0.5) is 0 Å². The van der Waals surface area contributed by atoms with Crippen LogP contribution in [-0.2, 0) is 0 Å². The van der Waals surface area contributed by atoms with Gasteiger partial charge in [-0.1, -0.05) is 11.6 Å². The summed E-state index contributed by atoms with van der Waals surface area (Å²) in [6.45, 7) is 1.27. The molecule has 5 heteroatoms. The van der Waals surface area contributed by atoms with Gasteiger partial charge in [-0.2, -0.15) is 0 Å². The number of nitrogens with one attached hydrogen (secondary N) is 1. The Morgan fingerprint density at radius 3 is 2.88 bits per heavy atom. The number of carbonyl (C=O) groups excluding carboxylic acids is 1. The van der Waals surface area contributed by atoms with Crippen molar-refractivity contribution in [3.8, 4) is 5.75 Å². The van der Waals surface area contributed by atoms with Crippen LogP contribution in [0.1, 0.15) is 10.4 Å². The number of nitrogens with zero attached hydrogens (tertiary/aromatic N) is 1. The number of amides is 1. The molecule has 0 fully saturated rings. The maximum absolute atomic E-state index is 11.9. The Hall–Kier alpha value is -1.26. The second kappa shape index (κ2) is 5.72. The van der Waals surface area contributed by atoms with Gasteiger partial charge in [-0.05, 0) is 25.2 Å². The number of benzene rings is 1. The fraction of sp³-hybridized carbons (Fsp3) is 0.364. The Morgan fingerprint density at radius 1 is 1.56 bits per heavy atom. The lowest BCUT2D eigenvalue weighted by molar-refractivity contribution is 0.0794. The van der Waals surface area contributed by atoms with Crippen molar-refractivity contribution in [1.29, 1.82) is 0 Å². The molecule has 0 bridgehead atoms. The lowest BCUT2D eigenvalue weighted by Crippen LogP contribution is -2.32. The van der Waals surface area contributed by atoms with E-state index in [9.17, 15) is 9.90 Å². The number of aromatic hydroxyl groups is 1. The molecule has 1 aromatic carbocycles. The largest absolute Gasteiger partial charge is 0.507 e. The summed E-state index contributed by atoms with van der Waals surface area (Å²) < 4.78 is 0. The maximum Gasteiger partial charge on any atom is 0.257 e. The lowest BCUT2D eigenvalue weighted by Gasteiger charge is -2.17. The minimum atomic E-state index is -0.241. The van der Waals surface area contributed by atoms with Gasteiger partial charge >= 0.3 is 0 Å². The normalized spacial score (nSPS) is 10.2. The third-order valence-corrected chi connectivity index (χ3v) is 2.47. The van der Waals surface area contributed by atoms with Crippen molar-refractivity contribution in [2.24, 2.45) is 0 Å². The molecule has 0 aliphatic rings. The van der Waals surface area contributed by atoms with Gasteiger partial charge < -0.3 is 15.3 Å². The molecule has 1 amide bonds. The minimum absolute atomic E-state index is 0.0503. The van der Waals surface area contributed by atoms with E-state index in [2.05, 4.69) is 5.32 Å². The molecule has 0 aliphatic carbocycles. The van der Waals surface area contributed by atoms with E-state index < -0.39 is 0 Å². The maximum atomic E-state index is 11.9. The first-order chi connectivity index (χ1) is 7.56. The van der Waals surface area contributed by atoms with E-state index in [0.29, 0.717) is 18.1 Å². The molecule has 0 aromatic heterocycles. The molecular formula is C11H15ClN2O2. The summed E-state index contributed by atoms with van der Waals surface area (Å²) >= 11 is 5.78. The number of halogens is 1. The molecular weight excluding hydrogens is 228 g/mol. The number of phenols is 1. The zero-order valence-electron chi connectivity index (χ0n) is 9.33. The Bertz CT molecular complexity index is 382. The average molecular weight is 243 g/mol. The fourth-order valence-electron chi connectivity index (χ4n) is 1.27. The number of carbonyl (C=O) groups is 1. The van der Waals surface area contributed by atoms with Gasteiger partial charge in [0.05, 0.1) is 5.56 Å². The Labute approximate surface area is 99.8 Å². The molecule has 0 heterocycles. The third-order valence-electron chi connectivity index (χ3n) is 2.23. The van der Waals surface area contributed by atoms with E-state index in [4.69, 9.17) is 11.6 Å². The van der Waals surface area contributed by atoms with Crippen LogP contribution in [-0.4, -0.2) is 43.1 Å². The van der Waals surface area contributed by atoms with E-state index in [1.807, 2.05) is 7.05 Å². The number of hydrogen-bond acceptors (Lipinski definition) is 3. The van der Waals surface area contributed by atoms with Crippen molar-refractivity contribution in [2.45, 2.75) is 0 Å². The van der Waals surface area contributed by atoms with E-state index in [1.165, 1.54) is 17.0 Å². The first-order valence-corrected chi connectivity index (χ1v) is 5.32. The van der Waals surface area contributed by atoms with Gasteiger partial charge in [0.2, 0.25) is 0 Å². The predicted octanol–water partition coefficient (Wildman–Crippen LogP) is 1.34. The van der Waals surface area contributed by atoms with Crippen LogP contribution in [0.15, 0.2) is 18.2 Å². The summed E-state index contributed by atoms with van der Waals surface area (Å²) in [7, 11) is 3.50. The second-order valence-corrected chi connectivity index (χ2v) is 3.93. The van der Waals surface area contributed by atoms with Crippen molar-refractivity contribution in [3.63, 3.8) is 0 Å². The average Bonchev–Trinajstić information content (AvgIpc) is 2.28. The summed E-state index contributed by atoms with van der Waals surface area (Å²) in [5, 5.41) is 12.9. The van der Waals surface area contributed by atoms with Crippen LogP contribution in [0.3, 0.4) is 0 Å². The molecule has 1 rings (SSSR count). The molecule has 0 saturated carbocycles. The molecule has 0 saturated heterocycles. The van der Waals surface area contributed by atoms with Crippen LogP contribution in [0.5, 0.6) is 5.75 Å². The molecule has 4 nitrogen and oxygen atoms in total. The zero-order chi connectivity index (χ0) is 12.1. The van der Waals surface area contributed by atoms with E-state index >= 15 is 0 Å². The molecule has 1 aromatic rings. The van der Waals surface area contributed by atoms with Gasteiger partial charge in [0, 0.05) is 25.2 Å². The number of hydrogen-bond donors (Lipinski definition) is 2. The summed E-state index contributed by atoms with van der Waals surface area (Å²) in [5.41, 5.74) is 0.228. The van der Waals surface area contributed by atoms with Crippen LogP contribution >= 0.6 is 11.6 Å². The standard InChI is InChI=1S/C11H15ClN2O2/c1-13-5-6-14(2)11(16)9-7-8(12)3-4-10(9)15/h3-4,7,13,15H,5-6H2,1-2H3. The lowest BCUT2D eigenvalue weighted by atomic mass is 10.2. The zero-order valence-corrected chi connectivity index (χ0v) is 10.1. The third kappa shape index (κ3) is 3.12. The SMILES string of the molecule is CNCCN(C)C(=O)c1cc(Cl)ccc1O. The van der Waals surface area contributed by atoms with Crippen LogP contribution in [0.25, 0.3) is 0 Å². The van der Waals surface area contributed by atoms with E-state index in [0.717, 1.165) is 0 Å². The first kappa shape index (κ1) is 12.8. The second-order valence-electron chi connectivity index (χ2n) is 3.49. The molecule has 0 aliphatic heterocycles. The highest BCUT2D eigenvalue weighted by atomic mass is 35.5. The number of rotatable bonds is 4. The van der Waals surface area contributed by atoms with Crippen molar-refractivity contribution in [1.82, 2.24) is 10.2 Å². The summed E-state index contributed by atoms with van der Waals surface area (Å²) in [6, 6.07) is 4.43. The quantitative estimate of drug-likeness (QED) is 0.838. The molecule has 0 spiro atoms. The molecule has 88 valence electrons. The van der Waals surface area contributed by atoms with Crippen LogP contribution < -0.4 is 5.32 Å². The first-order valence-electron chi connectivity index (χ1n) is 4.95. The summed E-state index contributed by atoms with van der Waals surface area (Å²) in [6.07, 6.45) is 0. The number of phenolic OH excluding ortho intramolecular Hbond substituents is 1. The van der Waals surface area contributed by atoms with Gasteiger partial charge in [0.15, 0.2) is 0 Å². The highest BCUT2D eigenvalue weighted by Crippen LogP contribution is 2.22. The minimum Gasteiger partial charge on any atom is -0.507 e. The van der Waals surface area contributed by atoms with Crippen molar-refractivity contribution >= 4 is 17.5 Å². The summed E-state index contributed by atoms with van der Waals surface area (Å²) in [4.78, 5) is 13.4. The van der Waals surface area contributed by atoms with E-state index in [1.54, 1.807) is 13.1 Å². The number of likely N-dealkylation sites (N-methyl/N-ethyl adjacent to an activating group) is 2. The van der Waals surface area contributed by atoms with Crippen molar-refractivity contribution < 1.29 is 9.90 Å². The Morgan fingerprint density at radius 2 is 2.25 bits per heavy atom. The molecule has 2 N–H and O–H groups in total. The topological polar surface area (TPSA) is 52.6 Å². The van der Waals surface area contributed by atoms with Crippen LogP contribution in [0, 0.1) is 0 Å². The highest BCUT2D eigenvalue weighted by molar-refractivity contribution is 6.31. The van der Waals surface area contributed by atoms with E-state index in [-0.39, 0.29) is 17.2 Å². The van der Waals surface area contributed by atoms with Crippen molar-refractivity contribution in [2.75, 3.05) is 27.2 Å². The van der Waals surface area contributed by atoms with Gasteiger partial charge in [-0.25, -0.2) is 0 Å². The molecule has 0 radical (unpaired) electrons. The Kier molecular flexibility index (Phi) is 4.58. The monoisotopic (exact) mass is 242 g/mol. The molecule has 16 heavy (non-hydrogen) atoms. The van der Waals surface area contributed by atoms with Gasteiger partial charge in [0.1, 0.15) is 5.75 Å². The Balaban J connectivity index is 2.83. The van der Waals surface area contributed by atoms with Crippen LogP contribution in [0.2, 0.25) is 5.02 Å². The van der Waals surface area contributed by atoms with Gasteiger partial charge in [-0.15, -0.1) is 0 Å². The fourth-order valence-corrected chi connectivity index (χ4v) is 1.44. The van der Waals surface area contributed by atoms with Crippen molar-refractivity contribution in [3.05, 3.63) is 28.8 Å². The predicted molar refractivity (Wildman–Crippen MR) is 64.0 cm³/mol. The molecule has 0 atom stereocenters. The highest BCUT2D eigenvalue weighted by Gasteiger charge is 2.15.